The summed E-state index contributed by atoms with van der Waals surface area (Å²) in [6, 6.07) is 0. The molecule has 17 heavy (non-hydrogen) atoms. The Balaban J connectivity index is 1.81. The van der Waals surface area contributed by atoms with Crippen LogP contribution in [0.4, 0.5) is 0 Å². The number of aliphatic carboxylic acids is 1. The highest BCUT2D eigenvalue weighted by atomic mass is 32.2. The average Bonchev–Trinajstić information content (AvgIpc) is 2.60. The zero-order valence-corrected chi connectivity index (χ0v) is 11.0. The van der Waals surface area contributed by atoms with Crippen LogP contribution >= 0.6 is 11.8 Å². The first-order valence-corrected chi connectivity index (χ1v) is 7.27. The van der Waals surface area contributed by atoms with Crippen LogP contribution in [0.15, 0.2) is 0 Å². The van der Waals surface area contributed by atoms with Crippen LogP contribution in [0.25, 0.3) is 0 Å². The Hall–Kier alpha value is -0.260. The van der Waals surface area contributed by atoms with Crippen molar-refractivity contribution in [2.24, 2.45) is 0 Å². The maximum atomic E-state index is 10.6. The number of hydrogen-bond donors (Lipinski definition) is 1. The maximum absolute atomic E-state index is 10.6. The number of ether oxygens (including phenoxy) is 2. The quantitative estimate of drug-likeness (QED) is 0.840. The van der Waals surface area contributed by atoms with Gasteiger partial charge in [0.15, 0.2) is 5.79 Å². The van der Waals surface area contributed by atoms with Crippen molar-refractivity contribution in [1.82, 2.24) is 0 Å². The smallest absolute Gasteiger partial charge is 0.306 e. The summed E-state index contributed by atoms with van der Waals surface area (Å²) >= 11 is 1.99. The molecule has 0 spiro atoms. The zero-order chi connectivity index (χ0) is 12.3. The van der Waals surface area contributed by atoms with Crippen LogP contribution in [0.5, 0.6) is 0 Å². The lowest BCUT2D eigenvalue weighted by Gasteiger charge is -2.30. The molecule has 2 saturated heterocycles. The van der Waals surface area contributed by atoms with Gasteiger partial charge in [-0.05, 0) is 25.5 Å². The molecule has 3 unspecified atom stereocenters. The fourth-order valence-corrected chi connectivity index (χ4v) is 3.93. The van der Waals surface area contributed by atoms with Crippen LogP contribution in [0.3, 0.4) is 0 Å². The van der Waals surface area contributed by atoms with Crippen LogP contribution < -0.4 is 0 Å². The van der Waals surface area contributed by atoms with E-state index in [0.717, 1.165) is 6.42 Å². The fraction of sp³-hybridized carbons (Fsp3) is 0.917. The third kappa shape index (κ3) is 3.86. The summed E-state index contributed by atoms with van der Waals surface area (Å²) in [5, 5.41) is 9.32. The summed E-state index contributed by atoms with van der Waals surface area (Å²) in [5.41, 5.74) is 0. The Morgan fingerprint density at radius 1 is 1.53 bits per heavy atom. The van der Waals surface area contributed by atoms with E-state index in [0.29, 0.717) is 11.9 Å². The minimum Gasteiger partial charge on any atom is -0.481 e. The van der Waals surface area contributed by atoms with Crippen LogP contribution in [0.1, 0.15) is 39.0 Å². The number of rotatable bonds is 4. The summed E-state index contributed by atoms with van der Waals surface area (Å²) in [5.74, 6) is -0.177. The molecule has 2 heterocycles. The first kappa shape index (κ1) is 13.2. The number of carbonyl (C=O) groups is 1. The summed E-state index contributed by atoms with van der Waals surface area (Å²) in [6.45, 7) is 2.34. The summed E-state index contributed by atoms with van der Waals surface area (Å²) in [4.78, 5) is 10.6. The molecule has 5 heteroatoms. The first-order valence-electron chi connectivity index (χ1n) is 6.22. The van der Waals surface area contributed by atoms with Crippen molar-refractivity contribution < 1.29 is 19.4 Å². The molecule has 1 N–H and O–H groups in total. The van der Waals surface area contributed by atoms with E-state index in [9.17, 15) is 4.79 Å². The topological polar surface area (TPSA) is 55.8 Å². The van der Waals surface area contributed by atoms with Gasteiger partial charge >= 0.3 is 5.97 Å². The van der Waals surface area contributed by atoms with Gasteiger partial charge in [0, 0.05) is 11.7 Å². The number of thioether (sulfide) groups is 1. The molecule has 0 radical (unpaired) electrons. The first-order chi connectivity index (χ1) is 8.07. The van der Waals surface area contributed by atoms with Crippen molar-refractivity contribution in [1.29, 1.82) is 0 Å². The second-order valence-electron chi connectivity index (χ2n) is 4.98. The van der Waals surface area contributed by atoms with Crippen molar-refractivity contribution >= 4 is 17.7 Å². The van der Waals surface area contributed by atoms with Crippen molar-refractivity contribution in [2.45, 2.75) is 56.2 Å². The second-order valence-corrected chi connectivity index (χ2v) is 6.38. The van der Waals surface area contributed by atoms with E-state index in [1.807, 2.05) is 18.7 Å². The third-order valence-electron chi connectivity index (χ3n) is 3.27. The minimum atomic E-state index is -0.824. The molecule has 98 valence electrons. The molecule has 2 fully saturated rings. The molecule has 0 saturated carbocycles. The lowest BCUT2D eigenvalue weighted by atomic mass is 10.1. The highest BCUT2D eigenvalue weighted by molar-refractivity contribution is 7.99. The van der Waals surface area contributed by atoms with Crippen LogP contribution in [0, 0.1) is 0 Å². The molecule has 4 nitrogen and oxygen atoms in total. The van der Waals surface area contributed by atoms with E-state index in [4.69, 9.17) is 14.6 Å². The van der Waals surface area contributed by atoms with Gasteiger partial charge in [0.1, 0.15) is 0 Å². The summed E-state index contributed by atoms with van der Waals surface area (Å²) in [7, 11) is 0. The third-order valence-corrected chi connectivity index (χ3v) is 4.66. The molecule has 0 amide bonds. The Bertz CT molecular complexity index is 278. The van der Waals surface area contributed by atoms with Gasteiger partial charge in [-0.3, -0.25) is 4.79 Å². The molecule has 0 aliphatic carbocycles. The molecule has 2 aliphatic rings. The molecule has 2 aliphatic heterocycles. The highest BCUT2D eigenvalue weighted by Gasteiger charge is 2.40. The number of hydrogen-bond acceptors (Lipinski definition) is 4. The van der Waals surface area contributed by atoms with Crippen LogP contribution in [0.2, 0.25) is 0 Å². The van der Waals surface area contributed by atoms with E-state index in [2.05, 4.69) is 0 Å². The Morgan fingerprint density at radius 3 is 3.00 bits per heavy atom. The van der Waals surface area contributed by atoms with Gasteiger partial charge < -0.3 is 14.6 Å². The van der Waals surface area contributed by atoms with Gasteiger partial charge in [0.05, 0.1) is 19.1 Å². The molecule has 2 rings (SSSR count). The second kappa shape index (κ2) is 5.59. The molecular weight excluding hydrogens is 240 g/mol. The van der Waals surface area contributed by atoms with Gasteiger partial charge in [0.25, 0.3) is 0 Å². The van der Waals surface area contributed by atoms with Crippen molar-refractivity contribution in [3.05, 3.63) is 0 Å². The van der Waals surface area contributed by atoms with E-state index < -0.39 is 11.8 Å². The number of carboxylic acids is 1. The monoisotopic (exact) mass is 260 g/mol. The highest BCUT2D eigenvalue weighted by Crippen LogP contribution is 2.36. The fourth-order valence-electron chi connectivity index (χ4n) is 2.47. The van der Waals surface area contributed by atoms with Gasteiger partial charge in [-0.25, -0.2) is 0 Å². The molecule has 0 bridgehead atoms. The summed E-state index contributed by atoms with van der Waals surface area (Å²) in [6.07, 6.45) is 4.43. The largest absolute Gasteiger partial charge is 0.481 e. The molecule has 0 aromatic rings. The van der Waals surface area contributed by atoms with Gasteiger partial charge in [0.2, 0.25) is 0 Å². The van der Waals surface area contributed by atoms with Crippen molar-refractivity contribution in [3.8, 4) is 0 Å². The standard InChI is InChI=1S/C12H20O4S/c1-12(7-10-4-2-3-5-17-10)15-8-9(16-12)6-11(13)14/h9-10H,2-8H2,1H3,(H,13,14). The predicted octanol–water partition coefficient (Wildman–Crippen LogP) is 2.27. The van der Waals surface area contributed by atoms with Crippen LogP contribution in [-0.4, -0.2) is 40.6 Å². The lowest BCUT2D eigenvalue weighted by molar-refractivity contribution is -0.162. The average molecular weight is 260 g/mol. The van der Waals surface area contributed by atoms with Crippen molar-refractivity contribution in [2.75, 3.05) is 12.4 Å². The molecule has 0 aromatic heterocycles. The van der Waals surface area contributed by atoms with Gasteiger partial charge in [-0.1, -0.05) is 6.42 Å². The minimum absolute atomic E-state index is 0.0351. The van der Waals surface area contributed by atoms with E-state index in [-0.39, 0.29) is 12.5 Å². The Labute approximate surface area is 106 Å². The van der Waals surface area contributed by atoms with Gasteiger partial charge in [-0.15, -0.1) is 0 Å². The van der Waals surface area contributed by atoms with Crippen molar-refractivity contribution in [3.63, 3.8) is 0 Å². The van der Waals surface area contributed by atoms with Gasteiger partial charge in [-0.2, -0.15) is 11.8 Å². The Kier molecular flexibility index (Phi) is 4.33. The lowest BCUT2D eigenvalue weighted by Crippen LogP contribution is -2.32. The summed E-state index contributed by atoms with van der Waals surface area (Å²) < 4.78 is 11.4. The molecule has 3 atom stereocenters. The van der Waals surface area contributed by atoms with Crippen LogP contribution in [-0.2, 0) is 14.3 Å². The normalized spacial score (nSPS) is 38.2. The van der Waals surface area contributed by atoms with E-state index in [1.165, 1.54) is 25.0 Å². The Morgan fingerprint density at radius 2 is 2.35 bits per heavy atom. The predicted molar refractivity (Wildman–Crippen MR) is 66.2 cm³/mol. The van der Waals surface area contributed by atoms with E-state index >= 15 is 0 Å². The number of carboxylic acid groups (broad SMARTS) is 1. The SMILES string of the molecule is CC1(CC2CCCCS2)OCC(CC(=O)O)O1. The molecular formula is C12H20O4S. The zero-order valence-electron chi connectivity index (χ0n) is 10.2. The van der Waals surface area contributed by atoms with E-state index in [1.54, 1.807) is 0 Å². The maximum Gasteiger partial charge on any atom is 0.306 e. The molecule has 0 aromatic carbocycles.